The average molecular weight is 1740 g/mol. The van der Waals surface area contributed by atoms with E-state index in [2.05, 4.69) is 335 Å². The molecule has 1 aliphatic rings. The van der Waals surface area contributed by atoms with Gasteiger partial charge in [-0.1, -0.05) is 316 Å². The van der Waals surface area contributed by atoms with E-state index in [1.54, 1.807) is 6.08 Å². The van der Waals surface area contributed by atoms with E-state index in [1.807, 2.05) is 189 Å². The van der Waals surface area contributed by atoms with Crippen LogP contribution in [0.4, 0.5) is 0 Å². The van der Waals surface area contributed by atoms with Gasteiger partial charge in [0.25, 0.3) is 0 Å². The summed E-state index contributed by atoms with van der Waals surface area (Å²) in [5.41, 5.74) is 36.1. The first-order valence-electron chi connectivity index (χ1n) is 45.4. The molecule has 0 aliphatic heterocycles. The van der Waals surface area contributed by atoms with Gasteiger partial charge in [-0.2, -0.15) is 31.6 Å². The largest absolute Gasteiger partial charge is 0.198 e. The van der Waals surface area contributed by atoms with Gasteiger partial charge in [0.1, 0.15) is 0 Å². The molecule has 6 heteroatoms. The molecule has 0 fully saturated rings. The van der Waals surface area contributed by atoms with Crippen molar-refractivity contribution in [2.24, 2.45) is 5.41 Å². The third-order valence-electron chi connectivity index (χ3n) is 24.8. The number of rotatable bonds is 26. The van der Waals surface area contributed by atoms with Gasteiger partial charge < -0.3 is 0 Å². The van der Waals surface area contributed by atoms with Crippen molar-refractivity contribution in [1.82, 2.24) is 0 Å². The monoisotopic (exact) mass is 1740 g/mol. The summed E-state index contributed by atoms with van der Waals surface area (Å²) < 4.78 is 0. The van der Waals surface area contributed by atoms with E-state index in [9.17, 15) is 31.6 Å². The Morgan fingerprint density at radius 2 is 0.537 bits per heavy atom. The van der Waals surface area contributed by atoms with Crippen LogP contribution in [-0.2, 0) is 0 Å². The predicted octanol–water partition coefficient (Wildman–Crippen LogP) is 32.7. The summed E-state index contributed by atoms with van der Waals surface area (Å²) in [4.78, 5) is 0. The van der Waals surface area contributed by atoms with E-state index < -0.39 is 5.41 Å². The molecule has 1 atom stereocenters. The first-order valence-corrected chi connectivity index (χ1v) is 45.4. The smallest absolute Gasteiger partial charge is 0.0991 e. The van der Waals surface area contributed by atoms with Gasteiger partial charge in [0.05, 0.1) is 64.1 Å². The molecular formula is C130H92N6. The lowest BCUT2D eigenvalue weighted by Gasteiger charge is -2.27. The Kier molecular flexibility index (Phi) is 28.0. The number of nitriles is 6. The lowest BCUT2D eigenvalue weighted by molar-refractivity contribution is 0.395. The van der Waals surface area contributed by atoms with Gasteiger partial charge in [-0.05, 0) is 386 Å². The number of allylic oxidation sites excluding steroid dienone is 9. The summed E-state index contributed by atoms with van der Waals surface area (Å²) in [6, 6.07) is 152. The maximum absolute atomic E-state index is 10.3. The summed E-state index contributed by atoms with van der Waals surface area (Å²) in [6.07, 6.45) is 27.8. The Hall–Kier alpha value is -18.4. The molecule has 16 aromatic rings. The number of hydrogen-bond acceptors (Lipinski definition) is 6. The molecule has 136 heavy (non-hydrogen) atoms. The molecule has 0 amide bonds. The summed E-state index contributed by atoms with van der Waals surface area (Å²) in [7, 11) is 0. The minimum atomic E-state index is -0.437. The second-order valence-electron chi connectivity index (χ2n) is 34.2. The molecule has 6 nitrogen and oxygen atoms in total. The van der Waals surface area contributed by atoms with Crippen LogP contribution in [0.1, 0.15) is 156 Å². The van der Waals surface area contributed by atoms with Crippen molar-refractivity contribution in [3.05, 3.63) is 570 Å². The van der Waals surface area contributed by atoms with Gasteiger partial charge in [-0.3, -0.25) is 0 Å². The number of benzene rings is 16. The van der Waals surface area contributed by atoms with Gasteiger partial charge in [-0.25, -0.2) is 0 Å². The molecule has 1 aliphatic carbocycles. The van der Waals surface area contributed by atoms with E-state index in [1.165, 1.54) is 5.57 Å². The molecule has 0 bridgehead atoms. The molecule has 0 radical (unpaired) electrons. The zero-order valence-corrected chi connectivity index (χ0v) is 75.5. The molecule has 0 N–H and O–H groups in total. The fraction of sp³-hybridized carbons (Fsp3) is 0.0462. The molecule has 16 aromatic carbocycles. The first-order chi connectivity index (χ1) is 66.7. The van der Waals surface area contributed by atoms with Crippen LogP contribution in [0.3, 0.4) is 0 Å². The number of hydrogen-bond donors (Lipinski definition) is 0. The Morgan fingerprint density at radius 3 is 0.801 bits per heavy atom. The SMILES string of the molecule is C=C(/C=C\C(C#N)=C/C)/C(=C\c1cc(/C=C(/C2=CCC(C)(C#N)CC2)c2ccccc2)cc(-c2ccc(-c3cc(/C=C/c4cc(/C=C(\c5ccccc5)c5ccc(C#N)cc5)cc(-c5ccc(-c6cc(/C=C(\c7ccccc7)c7ccc(C#N)cc7)cc(/C=C(\c7ccccc7)c7ccc(C#N)cc7)c6)cc5)c4)cc(/C=C(\c4ccccc4)c4ccc(C#N)cc4)c3)cc2)c1)c1ccccc1. The standard InChI is InChI=1S/C130H92N6/c1-4-92(85-131)36-35-91(2)124(109-23-11-5-12-24-109)79-101-69-102(84-129(114-33-21-10-22-34-114)119-63-65-130(3,90-136)66-64-119)76-122(75-101)107-59-55-105(56-60-107)120-71-97(67-99(73-120)80-125(110-25-13-6-14-26-110)115-47-39-93(86-132)40-48-115)37-38-98-68-100(81-126(111-27-15-7-16-28-111)116-49-41-94(87-133)42-50-116)74-121(72-98)106-57-61-108(62-58-106)123-77-103(82-127(112-29-17-8-18-30-112)117-51-43-95(88-134)44-52-117)70-104(78-123)83-128(113-31-19-9-20-32-113)118-53-45-96(89-135)46-54-118/h4-63,67-84H,2,64-66H2,1,3H3/b36-35-,38-37+,92-4+,124-79+,125-80+,126-81+,127-82+,128-83+,129-84+. The van der Waals surface area contributed by atoms with Gasteiger partial charge >= 0.3 is 0 Å². The molecule has 0 saturated heterocycles. The fourth-order valence-corrected chi connectivity index (χ4v) is 17.4. The van der Waals surface area contributed by atoms with Crippen molar-refractivity contribution in [2.75, 3.05) is 0 Å². The molecule has 0 saturated carbocycles. The highest BCUT2D eigenvalue weighted by atomic mass is 14.4. The molecular weight excluding hydrogens is 1650 g/mol. The van der Waals surface area contributed by atoms with Crippen molar-refractivity contribution in [3.63, 3.8) is 0 Å². The van der Waals surface area contributed by atoms with Crippen molar-refractivity contribution in [2.45, 2.75) is 33.1 Å². The third kappa shape index (κ3) is 22.0. The Labute approximate surface area is 797 Å². The van der Waals surface area contributed by atoms with E-state index in [-0.39, 0.29) is 0 Å². The normalized spacial score (nSPS) is 13.7. The molecule has 1 unspecified atom stereocenters. The zero-order chi connectivity index (χ0) is 93.5. The van der Waals surface area contributed by atoms with Crippen molar-refractivity contribution in [3.8, 4) is 80.9 Å². The molecule has 17 rings (SSSR count). The summed E-state index contributed by atoms with van der Waals surface area (Å²) >= 11 is 0. The van der Waals surface area contributed by atoms with Crippen molar-refractivity contribution >= 4 is 82.0 Å². The van der Waals surface area contributed by atoms with E-state index in [0.29, 0.717) is 34.2 Å². The van der Waals surface area contributed by atoms with E-state index in [0.717, 1.165) is 197 Å². The predicted molar refractivity (Wildman–Crippen MR) is 564 cm³/mol. The lowest BCUT2D eigenvalue weighted by atomic mass is 9.75. The Morgan fingerprint density at radius 1 is 0.279 bits per heavy atom. The van der Waals surface area contributed by atoms with Crippen LogP contribution >= 0.6 is 0 Å². The highest BCUT2D eigenvalue weighted by Gasteiger charge is 2.28. The van der Waals surface area contributed by atoms with E-state index in [4.69, 9.17) is 0 Å². The van der Waals surface area contributed by atoms with Crippen LogP contribution in [-0.4, -0.2) is 0 Å². The second-order valence-corrected chi connectivity index (χ2v) is 34.2. The molecule has 0 spiro atoms. The second kappa shape index (κ2) is 42.4. The highest BCUT2D eigenvalue weighted by Crippen LogP contribution is 2.43. The van der Waals surface area contributed by atoms with E-state index >= 15 is 0 Å². The minimum absolute atomic E-state index is 0.437. The molecule has 0 aromatic heterocycles. The van der Waals surface area contributed by atoms with Crippen LogP contribution in [0.25, 0.3) is 127 Å². The van der Waals surface area contributed by atoms with Crippen LogP contribution in [0, 0.1) is 73.4 Å². The lowest BCUT2D eigenvalue weighted by Crippen LogP contribution is -2.17. The summed E-state index contributed by atoms with van der Waals surface area (Å²) in [6.45, 7) is 8.51. The third-order valence-corrected chi connectivity index (χ3v) is 24.8. The quantitative estimate of drug-likeness (QED) is 0.0300. The van der Waals surface area contributed by atoms with Crippen LogP contribution in [0.5, 0.6) is 0 Å². The minimum Gasteiger partial charge on any atom is -0.198 e. The van der Waals surface area contributed by atoms with Gasteiger partial charge in [0.15, 0.2) is 0 Å². The maximum atomic E-state index is 10.3. The van der Waals surface area contributed by atoms with Crippen molar-refractivity contribution < 1.29 is 0 Å². The fourth-order valence-electron chi connectivity index (χ4n) is 17.4. The van der Waals surface area contributed by atoms with Gasteiger partial charge in [0, 0.05) is 5.57 Å². The Balaban J connectivity index is 0.811. The Bertz CT molecular complexity index is 7630. The van der Waals surface area contributed by atoms with Crippen LogP contribution in [0.15, 0.2) is 448 Å². The number of nitrogens with zero attached hydrogens (tertiary/aromatic N) is 6. The maximum Gasteiger partial charge on any atom is 0.0991 e. The van der Waals surface area contributed by atoms with Crippen molar-refractivity contribution in [1.29, 1.82) is 31.6 Å². The first kappa shape index (κ1) is 89.6. The van der Waals surface area contributed by atoms with Gasteiger partial charge in [0.2, 0.25) is 0 Å². The van der Waals surface area contributed by atoms with Gasteiger partial charge in [-0.15, -0.1) is 0 Å². The topological polar surface area (TPSA) is 143 Å². The van der Waals surface area contributed by atoms with Crippen LogP contribution < -0.4 is 0 Å². The zero-order valence-electron chi connectivity index (χ0n) is 75.5. The highest BCUT2D eigenvalue weighted by molar-refractivity contribution is 6.00. The summed E-state index contributed by atoms with van der Waals surface area (Å²) in [5.74, 6) is 0. The summed E-state index contributed by atoms with van der Waals surface area (Å²) in [5, 5.41) is 60.2. The molecule has 642 valence electrons. The average Bonchev–Trinajstić information content (AvgIpc) is 0.797. The van der Waals surface area contributed by atoms with Crippen LogP contribution in [0.2, 0.25) is 0 Å². The molecule has 0 heterocycles.